The van der Waals surface area contributed by atoms with E-state index in [4.69, 9.17) is 4.42 Å². The van der Waals surface area contributed by atoms with E-state index < -0.39 is 11.6 Å². The molecule has 0 aliphatic rings. The van der Waals surface area contributed by atoms with Crippen LogP contribution in [0.2, 0.25) is 0 Å². The van der Waals surface area contributed by atoms with E-state index in [1.54, 1.807) is 0 Å². The van der Waals surface area contributed by atoms with Crippen LogP contribution in [0.25, 0.3) is 11.1 Å². The molecule has 0 saturated carbocycles. The van der Waals surface area contributed by atoms with Gasteiger partial charge in [0.05, 0.1) is 4.47 Å². The number of rotatable bonds is 0. The Morgan fingerprint density at radius 2 is 2.23 bits per heavy atom. The lowest BCUT2D eigenvalue weighted by Gasteiger charge is -1.96. The Balaban J connectivity index is 3.05. The summed E-state index contributed by atoms with van der Waals surface area (Å²) in [5, 5.41) is 0. The lowest BCUT2D eigenvalue weighted by Crippen LogP contribution is -2.08. The third-order valence-corrected chi connectivity index (χ3v) is 2.59. The summed E-state index contributed by atoms with van der Waals surface area (Å²) >= 11 is 3.05. The Hall–Kier alpha value is -1.10. The molecule has 0 bridgehead atoms. The zero-order valence-electron chi connectivity index (χ0n) is 6.67. The summed E-state index contributed by atoms with van der Waals surface area (Å²) in [4.78, 5) is 11.1. The van der Waals surface area contributed by atoms with Gasteiger partial charge in [0, 0.05) is 7.05 Å². The summed E-state index contributed by atoms with van der Waals surface area (Å²) in [7, 11) is 1.53. The van der Waals surface area contributed by atoms with Gasteiger partial charge in [0.1, 0.15) is 11.3 Å². The van der Waals surface area contributed by atoms with Crippen LogP contribution in [0.3, 0.4) is 0 Å². The number of aromatic nitrogens is 1. The molecule has 0 unspecified atom stereocenters. The highest BCUT2D eigenvalue weighted by Gasteiger charge is 2.12. The van der Waals surface area contributed by atoms with Crippen molar-refractivity contribution >= 4 is 27.0 Å². The molecule has 0 fully saturated rings. The monoisotopic (exact) mass is 245 g/mol. The van der Waals surface area contributed by atoms with Gasteiger partial charge in [-0.05, 0) is 28.1 Å². The van der Waals surface area contributed by atoms with Crippen molar-refractivity contribution in [1.82, 2.24) is 4.57 Å². The average molecular weight is 246 g/mol. The molecule has 3 nitrogen and oxygen atoms in total. The number of hydrogen-bond donors (Lipinski definition) is 0. The van der Waals surface area contributed by atoms with E-state index in [1.807, 2.05) is 0 Å². The molecular formula is C8H5BrFNO2. The summed E-state index contributed by atoms with van der Waals surface area (Å²) < 4.78 is 19.4. The standard InChI is InChI=1S/C8H5BrFNO2/c1-11-7-5(13-8(11)12)3-2-4(10)6(7)9/h2-3H,1H3. The zero-order chi connectivity index (χ0) is 9.59. The number of nitrogens with zero attached hydrogens (tertiary/aromatic N) is 1. The van der Waals surface area contributed by atoms with Gasteiger partial charge in [-0.3, -0.25) is 4.57 Å². The van der Waals surface area contributed by atoms with E-state index in [0.29, 0.717) is 11.1 Å². The maximum absolute atomic E-state index is 13.0. The van der Waals surface area contributed by atoms with Crippen molar-refractivity contribution in [3.8, 4) is 0 Å². The average Bonchev–Trinajstić information content (AvgIpc) is 2.37. The lowest BCUT2D eigenvalue weighted by atomic mass is 10.3. The lowest BCUT2D eigenvalue weighted by molar-refractivity contribution is 0.528. The number of hydrogen-bond acceptors (Lipinski definition) is 2. The predicted molar refractivity (Wildman–Crippen MR) is 49.1 cm³/mol. The van der Waals surface area contributed by atoms with E-state index in [9.17, 15) is 9.18 Å². The number of benzene rings is 1. The quantitative estimate of drug-likeness (QED) is 0.712. The molecule has 68 valence electrons. The minimum absolute atomic E-state index is 0.248. The van der Waals surface area contributed by atoms with Gasteiger partial charge >= 0.3 is 5.76 Å². The van der Waals surface area contributed by atoms with Gasteiger partial charge in [-0.1, -0.05) is 0 Å². The van der Waals surface area contributed by atoms with Gasteiger partial charge in [0.2, 0.25) is 0 Å². The van der Waals surface area contributed by atoms with Gasteiger partial charge in [0.25, 0.3) is 0 Å². The molecule has 13 heavy (non-hydrogen) atoms. The molecule has 0 spiro atoms. The topological polar surface area (TPSA) is 35.1 Å². The third kappa shape index (κ3) is 1.11. The fraction of sp³-hybridized carbons (Fsp3) is 0.125. The number of fused-ring (bicyclic) bond motifs is 1. The van der Waals surface area contributed by atoms with Gasteiger partial charge in [0.15, 0.2) is 5.58 Å². The second kappa shape index (κ2) is 2.70. The van der Waals surface area contributed by atoms with Crippen molar-refractivity contribution in [3.63, 3.8) is 0 Å². The molecular weight excluding hydrogens is 241 g/mol. The third-order valence-electron chi connectivity index (χ3n) is 1.84. The van der Waals surface area contributed by atoms with Crippen molar-refractivity contribution in [1.29, 1.82) is 0 Å². The maximum Gasteiger partial charge on any atom is 0.419 e. The number of aryl methyl sites for hydroxylation is 1. The summed E-state index contributed by atoms with van der Waals surface area (Å²) in [5.74, 6) is -0.912. The van der Waals surface area contributed by atoms with Crippen molar-refractivity contribution in [3.05, 3.63) is 33.0 Å². The van der Waals surface area contributed by atoms with Crippen LogP contribution >= 0.6 is 15.9 Å². The van der Waals surface area contributed by atoms with Gasteiger partial charge in [-0.2, -0.15) is 0 Å². The Bertz CT molecular complexity index is 529. The van der Waals surface area contributed by atoms with E-state index in [0.717, 1.165) is 0 Å². The van der Waals surface area contributed by atoms with Gasteiger partial charge in [-0.25, -0.2) is 9.18 Å². The molecule has 0 aliphatic carbocycles. The molecule has 0 amide bonds. The van der Waals surface area contributed by atoms with Crippen molar-refractivity contribution in [2.45, 2.75) is 0 Å². The van der Waals surface area contributed by atoms with Crippen molar-refractivity contribution in [2.24, 2.45) is 7.05 Å². The second-order valence-corrected chi connectivity index (χ2v) is 3.43. The Morgan fingerprint density at radius 3 is 2.92 bits per heavy atom. The molecule has 0 atom stereocenters. The molecule has 2 aromatic rings. The van der Waals surface area contributed by atoms with E-state index in [2.05, 4.69) is 15.9 Å². The first-order valence-electron chi connectivity index (χ1n) is 3.55. The van der Waals surface area contributed by atoms with E-state index >= 15 is 0 Å². The van der Waals surface area contributed by atoms with Crippen molar-refractivity contribution < 1.29 is 8.81 Å². The summed E-state index contributed by atoms with van der Waals surface area (Å²) in [6, 6.07) is 2.67. The summed E-state index contributed by atoms with van der Waals surface area (Å²) in [6.45, 7) is 0. The fourth-order valence-electron chi connectivity index (χ4n) is 1.17. The first-order chi connectivity index (χ1) is 6.11. The molecule has 5 heteroatoms. The van der Waals surface area contributed by atoms with Crippen LogP contribution in [0.4, 0.5) is 4.39 Å². The highest BCUT2D eigenvalue weighted by Crippen LogP contribution is 2.25. The smallest absolute Gasteiger partial charge is 0.408 e. The summed E-state index contributed by atoms with van der Waals surface area (Å²) in [5.41, 5.74) is 0.811. The molecule has 0 radical (unpaired) electrons. The zero-order valence-corrected chi connectivity index (χ0v) is 8.26. The second-order valence-electron chi connectivity index (χ2n) is 2.64. The molecule has 2 rings (SSSR count). The number of halogens is 2. The Kier molecular flexibility index (Phi) is 1.76. The maximum atomic E-state index is 13.0. The van der Waals surface area contributed by atoms with Crippen LogP contribution in [0.5, 0.6) is 0 Å². The fourth-order valence-corrected chi connectivity index (χ4v) is 1.76. The largest absolute Gasteiger partial charge is 0.419 e. The van der Waals surface area contributed by atoms with E-state index in [-0.39, 0.29) is 4.47 Å². The first kappa shape index (κ1) is 8.50. The van der Waals surface area contributed by atoms with Crippen LogP contribution in [-0.2, 0) is 7.05 Å². The molecule has 1 aromatic heterocycles. The minimum Gasteiger partial charge on any atom is -0.408 e. The highest BCUT2D eigenvalue weighted by atomic mass is 79.9. The minimum atomic E-state index is -0.499. The van der Waals surface area contributed by atoms with Gasteiger partial charge in [-0.15, -0.1) is 0 Å². The normalized spacial score (nSPS) is 11.0. The molecule has 0 aliphatic heterocycles. The van der Waals surface area contributed by atoms with Crippen LogP contribution in [-0.4, -0.2) is 4.57 Å². The van der Waals surface area contributed by atoms with Crippen LogP contribution in [0.1, 0.15) is 0 Å². The van der Waals surface area contributed by atoms with Crippen LogP contribution < -0.4 is 5.76 Å². The van der Waals surface area contributed by atoms with Crippen LogP contribution in [0.15, 0.2) is 25.8 Å². The molecule has 0 N–H and O–H groups in total. The Labute approximate surface area is 80.9 Å². The molecule has 1 heterocycles. The summed E-state index contributed by atoms with van der Waals surface area (Å²) in [6.07, 6.45) is 0. The first-order valence-corrected chi connectivity index (χ1v) is 4.34. The van der Waals surface area contributed by atoms with Crippen LogP contribution in [0, 0.1) is 5.82 Å². The molecule has 0 saturated heterocycles. The SMILES string of the molecule is Cn1c(=O)oc2ccc(F)c(Br)c21. The van der Waals surface area contributed by atoms with Crippen molar-refractivity contribution in [2.75, 3.05) is 0 Å². The van der Waals surface area contributed by atoms with E-state index in [1.165, 1.54) is 23.7 Å². The predicted octanol–water partition coefficient (Wildman–Crippen LogP) is 2.03. The number of oxazole rings is 1. The Morgan fingerprint density at radius 1 is 1.54 bits per heavy atom. The van der Waals surface area contributed by atoms with Gasteiger partial charge < -0.3 is 4.42 Å². The molecule has 1 aromatic carbocycles. The highest BCUT2D eigenvalue weighted by molar-refractivity contribution is 9.10.